The molecule has 180 valence electrons. The summed E-state index contributed by atoms with van der Waals surface area (Å²) in [5.74, 6) is -0.512. The van der Waals surface area contributed by atoms with E-state index in [4.69, 9.17) is 5.11 Å². The lowest BCUT2D eigenvalue weighted by Crippen LogP contribution is -2.38. The number of rotatable bonds is 4. The Hall–Kier alpha value is -4.39. The third-order valence-electron chi connectivity index (χ3n) is 6.40. The zero-order valence-corrected chi connectivity index (χ0v) is 21.2. The topological polar surface area (TPSA) is 43.3 Å². The van der Waals surface area contributed by atoms with Gasteiger partial charge in [0.25, 0.3) is 0 Å². The van der Waals surface area contributed by atoms with E-state index in [0.717, 1.165) is 10.8 Å². The van der Waals surface area contributed by atoms with Gasteiger partial charge in [-0.3, -0.25) is 0 Å². The highest BCUT2D eigenvalue weighted by atomic mass is 31.2. The van der Waals surface area contributed by atoms with E-state index in [1.807, 2.05) is 24.3 Å². The first-order chi connectivity index (χ1) is 18.2. The third kappa shape index (κ3) is 4.98. The second kappa shape index (κ2) is 11.1. The number of hydrogen-bond acceptors (Lipinski definition) is 2. The van der Waals surface area contributed by atoms with Gasteiger partial charge in [0, 0.05) is 0 Å². The van der Waals surface area contributed by atoms with Crippen molar-refractivity contribution in [2.24, 2.45) is 0 Å². The number of phenols is 1. The molecule has 0 bridgehead atoms. The molecule has 1 N–H and O–H groups in total. The first kappa shape index (κ1) is 24.3. The molecule has 37 heavy (non-hydrogen) atoms. The van der Waals surface area contributed by atoms with Crippen molar-refractivity contribution in [1.29, 1.82) is 0 Å². The molecule has 0 saturated heterocycles. The fourth-order valence-corrected chi connectivity index (χ4v) is 8.97. The highest BCUT2D eigenvalue weighted by molar-refractivity contribution is 8.01. The van der Waals surface area contributed by atoms with E-state index in [1.165, 1.54) is 33.4 Å². The molecule has 6 aromatic rings. The maximum Gasteiger partial charge on any atom is 0.144 e. The van der Waals surface area contributed by atoms with Crippen LogP contribution in [0, 0.1) is 0 Å². The summed E-state index contributed by atoms with van der Waals surface area (Å²) in [4.78, 5) is 0. The molecule has 0 aliphatic heterocycles. The van der Waals surface area contributed by atoms with Gasteiger partial charge in [0.15, 0.2) is 0 Å². The van der Waals surface area contributed by atoms with Gasteiger partial charge in [-0.25, -0.2) is 0 Å². The number of fused-ring (bicyclic) bond motifs is 1. The van der Waals surface area contributed by atoms with Crippen molar-refractivity contribution in [3.8, 4) is 11.5 Å². The van der Waals surface area contributed by atoms with E-state index in [0.29, 0.717) is 0 Å². The van der Waals surface area contributed by atoms with Gasteiger partial charge >= 0.3 is 0 Å². The quantitative estimate of drug-likeness (QED) is 0.307. The van der Waals surface area contributed by atoms with Gasteiger partial charge in [-0.05, 0) is 65.4 Å². The summed E-state index contributed by atoms with van der Waals surface area (Å²) >= 11 is 0. The first-order valence-corrected chi connectivity index (χ1v) is 14.0. The van der Waals surface area contributed by atoms with Crippen molar-refractivity contribution in [3.63, 3.8) is 0 Å². The Morgan fingerprint density at radius 1 is 0.405 bits per heavy atom. The Morgan fingerprint density at radius 2 is 0.703 bits per heavy atom. The second-order valence-electron chi connectivity index (χ2n) is 8.68. The molecule has 0 spiro atoms. The van der Waals surface area contributed by atoms with E-state index in [9.17, 15) is 5.11 Å². The van der Waals surface area contributed by atoms with Crippen LogP contribution in [-0.2, 0) is 0 Å². The van der Waals surface area contributed by atoms with E-state index < -0.39 is 7.26 Å². The summed E-state index contributed by atoms with van der Waals surface area (Å²) in [6, 6.07) is 54.2. The SMILES string of the molecule is [O-]c1cc2ccccc2cc1O.c1ccc([P+](c2ccccc2)(c2ccccc2)c2ccccc2)cc1. The number of phenolic OH excluding ortho intramolecular Hbond substituents is 1. The lowest BCUT2D eigenvalue weighted by molar-refractivity contribution is -0.270. The van der Waals surface area contributed by atoms with Crippen molar-refractivity contribution in [1.82, 2.24) is 0 Å². The Bertz CT molecular complexity index is 1360. The van der Waals surface area contributed by atoms with E-state index >= 15 is 0 Å². The van der Waals surface area contributed by atoms with Crippen LogP contribution in [0.5, 0.6) is 11.5 Å². The van der Waals surface area contributed by atoms with E-state index in [-0.39, 0.29) is 11.5 Å². The monoisotopic (exact) mass is 498 g/mol. The minimum atomic E-state index is -1.91. The number of hydrogen-bond donors (Lipinski definition) is 1. The van der Waals surface area contributed by atoms with Gasteiger partial charge in [0.05, 0.1) is 0 Å². The standard InChI is InChI=1S/C24H20P.C10H8O2/c1-5-13-21(14-6-1)25(22-15-7-2-8-16-22,23-17-9-3-10-18-23)24-19-11-4-12-20-24;11-9-5-7-3-1-2-4-8(7)6-10(9)12/h1-20H;1-6,11-12H/q+1;/p-1. The van der Waals surface area contributed by atoms with Crippen molar-refractivity contribution < 1.29 is 10.2 Å². The molecule has 0 aromatic heterocycles. The average Bonchev–Trinajstić information content (AvgIpc) is 2.97. The Morgan fingerprint density at radius 3 is 1.05 bits per heavy atom. The van der Waals surface area contributed by atoms with Crippen LogP contribution in [0.2, 0.25) is 0 Å². The largest absolute Gasteiger partial charge is 0.870 e. The summed E-state index contributed by atoms with van der Waals surface area (Å²) in [6.45, 7) is 0. The van der Waals surface area contributed by atoms with E-state index in [1.54, 1.807) is 0 Å². The summed E-state index contributed by atoms with van der Waals surface area (Å²) in [5.41, 5.74) is 0. The third-order valence-corrected chi connectivity index (χ3v) is 10.7. The Balaban J connectivity index is 0.000000195. The van der Waals surface area contributed by atoms with Crippen molar-refractivity contribution in [2.75, 3.05) is 0 Å². The number of aromatic hydroxyl groups is 1. The fourth-order valence-electron chi connectivity index (χ4n) is 4.71. The predicted molar refractivity (Wildman–Crippen MR) is 156 cm³/mol. The molecule has 6 aromatic carbocycles. The van der Waals surface area contributed by atoms with Crippen LogP contribution < -0.4 is 26.3 Å². The van der Waals surface area contributed by atoms with Gasteiger partial charge in [0.1, 0.15) is 34.2 Å². The molecule has 0 atom stereocenters. The molecule has 6 rings (SSSR count). The minimum Gasteiger partial charge on any atom is -0.870 e. The van der Waals surface area contributed by atoms with Crippen LogP contribution in [0.15, 0.2) is 158 Å². The maximum atomic E-state index is 11.0. The molecule has 0 fully saturated rings. The van der Waals surface area contributed by atoms with Crippen LogP contribution in [0.25, 0.3) is 10.8 Å². The molecule has 0 amide bonds. The van der Waals surface area contributed by atoms with Crippen molar-refractivity contribution in [2.45, 2.75) is 0 Å². The van der Waals surface area contributed by atoms with Crippen LogP contribution >= 0.6 is 7.26 Å². The second-order valence-corrected chi connectivity index (χ2v) is 12.1. The minimum absolute atomic E-state index is 0.186. The Kier molecular flexibility index (Phi) is 7.31. The predicted octanol–water partition coefficient (Wildman–Crippen LogP) is 5.93. The van der Waals surface area contributed by atoms with Crippen molar-refractivity contribution in [3.05, 3.63) is 158 Å². The highest BCUT2D eigenvalue weighted by Crippen LogP contribution is 2.53. The van der Waals surface area contributed by atoms with Gasteiger partial charge < -0.3 is 10.2 Å². The molecule has 0 aliphatic carbocycles. The smallest absolute Gasteiger partial charge is 0.144 e. The Labute approximate surface area is 218 Å². The molecule has 0 aliphatic rings. The lowest BCUT2D eigenvalue weighted by atomic mass is 10.1. The van der Waals surface area contributed by atoms with Crippen LogP contribution in [0.1, 0.15) is 0 Å². The van der Waals surface area contributed by atoms with Crippen molar-refractivity contribution >= 4 is 39.3 Å². The highest BCUT2D eigenvalue weighted by Gasteiger charge is 2.47. The molecule has 0 heterocycles. The summed E-state index contributed by atoms with van der Waals surface area (Å²) < 4.78 is 0. The molecule has 3 heteroatoms. The molecular formula is C34H27O2P. The molecular weight excluding hydrogens is 471 g/mol. The zero-order chi connectivity index (χ0) is 25.5. The summed E-state index contributed by atoms with van der Waals surface area (Å²) in [5, 5.41) is 27.4. The normalized spacial score (nSPS) is 10.9. The molecule has 0 radical (unpaired) electrons. The first-order valence-electron chi connectivity index (χ1n) is 12.2. The maximum absolute atomic E-state index is 11.0. The van der Waals surface area contributed by atoms with Crippen LogP contribution in [0.4, 0.5) is 0 Å². The lowest BCUT2D eigenvalue weighted by Gasteiger charge is -2.27. The number of benzene rings is 6. The van der Waals surface area contributed by atoms with Gasteiger partial charge in [-0.1, -0.05) is 109 Å². The summed E-state index contributed by atoms with van der Waals surface area (Å²) in [6.07, 6.45) is 0. The van der Waals surface area contributed by atoms with E-state index in [2.05, 4.69) is 121 Å². The van der Waals surface area contributed by atoms with Gasteiger partial charge in [-0.2, -0.15) is 0 Å². The van der Waals surface area contributed by atoms with Crippen LogP contribution in [0.3, 0.4) is 0 Å². The average molecular weight is 499 g/mol. The van der Waals surface area contributed by atoms with Crippen LogP contribution in [-0.4, -0.2) is 5.11 Å². The molecule has 0 saturated carbocycles. The molecule has 2 nitrogen and oxygen atoms in total. The zero-order valence-electron chi connectivity index (χ0n) is 20.3. The molecule has 0 unspecified atom stereocenters. The fraction of sp³-hybridized carbons (Fsp3) is 0. The summed E-state index contributed by atoms with van der Waals surface area (Å²) in [7, 11) is -1.91. The van der Waals surface area contributed by atoms with Gasteiger partial charge in [0.2, 0.25) is 0 Å². The van der Waals surface area contributed by atoms with Gasteiger partial charge in [-0.15, -0.1) is 0 Å².